The lowest BCUT2D eigenvalue weighted by atomic mass is 10.0. The van der Waals surface area contributed by atoms with Crippen LogP contribution >= 0.6 is 0 Å². The van der Waals surface area contributed by atoms with Gasteiger partial charge in [-0.15, -0.1) is 0 Å². The molecule has 2 amide bonds. The van der Waals surface area contributed by atoms with E-state index in [2.05, 4.69) is 10.6 Å². The van der Waals surface area contributed by atoms with Crippen LogP contribution in [0.25, 0.3) is 0 Å². The topological polar surface area (TPSA) is 78.4 Å². The molecule has 2 unspecified atom stereocenters. The Morgan fingerprint density at radius 3 is 2.29 bits per heavy atom. The van der Waals surface area contributed by atoms with Crippen LogP contribution in [0.3, 0.4) is 0 Å². The van der Waals surface area contributed by atoms with E-state index in [9.17, 15) is 22.8 Å². The Morgan fingerprint density at radius 1 is 1.14 bits per heavy atom. The van der Waals surface area contributed by atoms with Gasteiger partial charge in [0.1, 0.15) is 0 Å². The number of carboxylic acids is 1. The SMILES string of the molecule is CC(CCCC(C)C(=O)O)NC(=O)NCCCC(F)(F)F. The third-order valence-corrected chi connectivity index (χ3v) is 3.00. The van der Waals surface area contributed by atoms with E-state index in [4.69, 9.17) is 5.11 Å². The highest BCUT2D eigenvalue weighted by Gasteiger charge is 2.26. The van der Waals surface area contributed by atoms with Gasteiger partial charge in [-0.1, -0.05) is 13.3 Å². The van der Waals surface area contributed by atoms with Gasteiger partial charge in [0.15, 0.2) is 0 Å². The Balaban J connectivity index is 3.68. The number of nitrogens with one attached hydrogen (secondary N) is 2. The van der Waals surface area contributed by atoms with Gasteiger partial charge >= 0.3 is 18.2 Å². The molecule has 124 valence electrons. The van der Waals surface area contributed by atoms with Crippen LogP contribution in [0.15, 0.2) is 0 Å². The number of carbonyl (C=O) groups is 2. The summed E-state index contributed by atoms with van der Waals surface area (Å²) in [7, 11) is 0. The molecule has 0 saturated heterocycles. The van der Waals surface area contributed by atoms with Crippen LogP contribution < -0.4 is 10.6 Å². The van der Waals surface area contributed by atoms with Gasteiger partial charge in [-0.2, -0.15) is 13.2 Å². The number of urea groups is 1. The fraction of sp³-hybridized carbons (Fsp3) is 0.846. The van der Waals surface area contributed by atoms with Gasteiger partial charge < -0.3 is 15.7 Å². The van der Waals surface area contributed by atoms with Crippen LogP contribution in [0, 0.1) is 5.92 Å². The number of aliphatic carboxylic acids is 1. The van der Waals surface area contributed by atoms with E-state index in [1.165, 1.54) is 0 Å². The second kappa shape index (κ2) is 9.46. The lowest BCUT2D eigenvalue weighted by Gasteiger charge is -2.15. The monoisotopic (exact) mass is 312 g/mol. The van der Waals surface area contributed by atoms with E-state index in [1.807, 2.05) is 0 Å². The summed E-state index contributed by atoms with van der Waals surface area (Å²) in [6.07, 6.45) is -3.48. The lowest BCUT2D eigenvalue weighted by molar-refractivity contribution is -0.141. The van der Waals surface area contributed by atoms with Crippen molar-refractivity contribution in [2.24, 2.45) is 5.92 Å². The molecule has 0 aromatic heterocycles. The van der Waals surface area contributed by atoms with Crippen molar-refractivity contribution in [3.63, 3.8) is 0 Å². The molecular weight excluding hydrogens is 289 g/mol. The first-order valence-electron chi connectivity index (χ1n) is 6.95. The second-order valence-corrected chi connectivity index (χ2v) is 5.19. The molecule has 0 rings (SSSR count). The average Bonchev–Trinajstić information content (AvgIpc) is 2.33. The summed E-state index contributed by atoms with van der Waals surface area (Å²) in [5.74, 6) is -1.27. The van der Waals surface area contributed by atoms with Crippen LogP contribution in [-0.2, 0) is 4.79 Å². The Labute approximate surface area is 122 Å². The van der Waals surface area contributed by atoms with Crippen molar-refractivity contribution in [2.75, 3.05) is 6.54 Å². The molecule has 0 aromatic rings. The molecule has 0 bridgehead atoms. The van der Waals surface area contributed by atoms with Crippen LogP contribution in [0.1, 0.15) is 46.0 Å². The first-order valence-corrected chi connectivity index (χ1v) is 6.95. The summed E-state index contributed by atoms with van der Waals surface area (Å²) in [5.41, 5.74) is 0. The standard InChI is InChI=1S/C13H23F3N2O3/c1-9(11(19)20)5-3-6-10(2)18-12(21)17-8-4-7-13(14,15)16/h9-10H,3-8H2,1-2H3,(H,19,20)(H2,17,18,21). The molecule has 3 N–H and O–H groups in total. The maximum absolute atomic E-state index is 11.9. The first-order chi connectivity index (χ1) is 9.61. The first kappa shape index (κ1) is 19.5. The summed E-state index contributed by atoms with van der Waals surface area (Å²) in [6, 6.07) is -0.662. The fourth-order valence-electron chi connectivity index (χ4n) is 1.69. The predicted octanol–water partition coefficient (Wildman–Crippen LogP) is 2.91. The number of rotatable bonds is 9. The zero-order valence-corrected chi connectivity index (χ0v) is 12.3. The molecule has 5 nitrogen and oxygen atoms in total. The number of carboxylic acid groups (broad SMARTS) is 1. The molecule has 0 saturated carbocycles. The van der Waals surface area contributed by atoms with Crippen molar-refractivity contribution in [3.05, 3.63) is 0 Å². The lowest BCUT2D eigenvalue weighted by Crippen LogP contribution is -2.41. The van der Waals surface area contributed by atoms with E-state index in [0.717, 1.165) is 0 Å². The highest BCUT2D eigenvalue weighted by molar-refractivity contribution is 5.74. The summed E-state index contributed by atoms with van der Waals surface area (Å²) in [6.45, 7) is 3.35. The van der Waals surface area contributed by atoms with Gasteiger partial charge in [-0.3, -0.25) is 4.79 Å². The molecule has 2 atom stereocenters. The molecule has 0 spiro atoms. The Hall–Kier alpha value is -1.47. The van der Waals surface area contributed by atoms with E-state index in [0.29, 0.717) is 19.3 Å². The largest absolute Gasteiger partial charge is 0.481 e. The molecule has 0 aliphatic heterocycles. The van der Waals surface area contributed by atoms with Crippen LogP contribution in [0.5, 0.6) is 0 Å². The summed E-state index contributed by atoms with van der Waals surface area (Å²) >= 11 is 0. The third kappa shape index (κ3) is 12.0. The van der Waals surface area contributed by atoms with E-state index < -0.39 is 30.5 Å². The minimum absolute atomic E-state index is 0.0336. The van der Waals surface area contributed by atoms with Crippen LogP contribution in [0.4, 0.5) is 18.0 Å². The van der Waals surface area contributed by atoms with Crippen LogP contribution in [-0.4, -0.2) is 35.9 Å². The molecular formula is C13H23F3N2O3. The molecule has 0 fully saturated rings. The molecule has 0 aromatic carbocycles. The Bertz CT molecular complexity index is 335. The smallest absolute Gasteiger partial charge is 0.389 e. The third-order valence-electron chi connectivity index (χ3n) is 3.00. The van der Waals surface area contributed by atoms with E-state index >= 15 is 0 Å². The van der Waals surface area contributed by atoms with Crippen LogP contribution in [0.2, 0.25) is 0 Å². The van der Waals surface area contributed by atoms with Gasteiger partial charge in [0, 0.05) is 19.0 Å². The van der Waals surface area contributed by atoms with Gasteiger partial charge in [-0.25, -0.2) is 4.79 Å². The number of carbonyl (C=O) groups excluding carboxylic acids is 1. The fourth-order valence-corrected chi connectivity index (χ4v) is 1.69. The van der Waals surface area contributed by atoms with Crippen molar-refractivity contribution in [2.45, 2.75) is 58.2 Å². The molecule has 21 heavy (non-hydrogen) atoms. The van der Waals surface area contributed by atoms with Gasteiger partial charge in [0.2, 0.25) is 0 Å². The maximum atomic E-state index is 11.9. The molecule has 0 aliphatic rings. The van der Waals surface area contributed by atoms with Crippen molar-refractivity contribution in [3.8, 4) is 0 Å². The van der Waals surface area contributed by atoms with Crippen molar-refractivity contribution >= 4 is 12.0 Å². The zero-order valence-electron chi connectivity index (χ0n) is 12.3. The number of amides is 2. The quantitative estimate of drug-likeness (QED) is 0.573. The highest BCUT2D eigenvalue weighted by atomic mass is 19.4. The molecule has 8 heteroatoms. The van der Waals surface area contributed by atoms with E-state index in [-0.39, 0.29) is 19.0 Å². The number of halogens is 3. The van der Waals surface area contributed by atoms with Crippen molar-refractivity contribution in [1.29, 1.82) is 0 Å². The molecule has 0 aliphatic carbocycles. The van der Waals surface area contributed by atoms with Gasteiger partial charge in [-0.05, 0) is 26.2 Å². The van der Waals surface area contributed by atoms with Gasteiger partial charge in [0.05, 0.1) is 5.92 Å². The van der Waals surface area contributed by atoms with Crippen molar-refractivity contribution < 1.29 is 27.9 Å². The minimum Gasteiger partial charge on any atom is -0.481 e. The second-order valence-electron chi connectivity index (χ2n) is 5.19. The summed E-state index contributed by atoms with van der Waals surface area (Å²) < 4.78 is 35.6. The normalized spacial score (nSPS) is 14.3. The zero-order chi connectivity index (χ0) is 16.5. The van der Waals surface area contributed by atoms with E-state index in [1.54, 1.807) is 13.8 Å². The van der Waals surface area contributed by atoms with Crippen molar-refractivity contribution in [1.82, 2.24) is 10.6 Å². The number of hydrogen-bond donors (Lipinski definition) is 3. The highest BCUT2D eigenvalue weighted by Crippen LogP contribution is 2.20. The van der Waals surface area contributed by atoms with Gasteiger partial charge in [0.25, 0.3) is 0 Å². The number of alkyl halides is 3. The minimum atomic E-state index is -4.20. The average molecular weight is 312 g/mol. The number of hydrogen-bond acceptors (Lipinski definition) is 2. The Morgan fingerprint density at radius 2 is 1.76 bits per heavy atom. The maximum Gasteiger partial charge on any atom is 0.389 e. The summed E-state index contributed by atoms with van der Waals surface area (Å²) in [4.78, 5) is 22.0. The summed E-state index contributed by atoms with van der Waals surface area (Å²) in [5, 5.41) is 13.7. The molecule has 0 radical (unpaired) electrons. The Kier molecular flexibility index (Phi) is 8.80. The molecule has 0 heterocycles. The predicted molar refractivity (Wildman–Crippen MR) is 71.9 cm³/mol.